The van der Waals surface area contributed by atoms with Gasteiger partial charge in [0.15, 0.2) is 0 Å². The Morgan fingerprint density at radius 1 is 1.24 bits per heavy atom. The monoisotopic (exact) mass is 229 g/mol. The number of aryl methyl sites for hydroxylation is 1. The molecule has 0 amide bonds. The Labute approximate surface area is 101 Å². The molecule has 0 saturated carbocycles. The normalized spacial score (nSPS) is 10.3. The minimum atomic E-state index is 0.0463. The number of hydrogen-bond donors (Lipinski definition) is 1. The molecule has 1 N–H and O–H groups in total. The molecule has 88 valence electrons. The summed E-state index contributed by atoms with van der Waals surface area (Å²) in [6, 6.07) is 7.84. The van der Waals surface area contributed by atoms with Crippen LogP contribution in [0, 0.1) is 6.92 Å². The Morgan fingerprint density at radius 2 is 2.06 bits per heavy atom. The van der Waals surface area contributed by atoms with Crippen molar-refractivity contribution in [1.82, 2.24) is 4.98 Å². The summed E-state index contributed by atoms with van der Waals surface area (Å²) in [5.41, 5.74) is 4.12. The van der Waals surface area contributed by atoms with Gasteiger partial charge in [-0.15, -0.1) is 0 Å². The molecule has 0 bridgehead atoms. The van der Waals surface area contributed by atoms with Gasteiger partial charge in [0.05, 0.1) is 19.9 Å². The zero-order valence-electron chi connectivity index (χ0n) is 9.97. The summed E-state index contributed by atoms with van der Waals surface area (Å²) < 4.78 is 5.16. The number of ether oxygens (including phenoxy) is 1. The van der Waals surface area contributed by atoms with Crippen molar-refractivity contribution in [1.29, 1.82) is 0 Å². The van der Waals surface area contributed by atoms with Gasteiger partial charge in [0.1, 0.15) is 5.75 Å². The lowest BCUT2D eigenvalue weighted by Crippen LogP contribution is -1.90. The molecule has 3 heteroatoms. The smallest absolute Gasteiger partial charge is 0.137 e. The third-order valence-corrected chi connectivity index (χ3v) is 2.74. The molecule has 3 nitrogen and oxygen atoms in total. The first kappa shape index (κ1) is 11.6. The van der Waals surface area contributed by atoms with Crippen LogP contribution in [0.25, 0.3) is 11.1 Å². The van der Waals surface area contributed by atoms with Crippen molar-refractivity contribution in [2.75, 3.05) is 7.11 Å². The predicted octanol–water partition coefficient (Wildman–Crippen LogP) is 2.56. The third-order valence-electron chi connectivity index (χ3n) is 2.74. The van der Waals surface area contributed by atoms with Crippen LogP contribution >= 0.6 is 0 Å². The van der Waals surface area contributed by atoms with Crippen LogP contribution in [0.5, 0.6) is 5.75 Å². The van der Waals surface area contributed by atoms with Gasteiger partial charge in [0.25, 0.3) is 0 Å². The van der Waals surface area contributed by atoms with Gasteiger partial charge in [0.2, 0.25) is 0 Å². The molecule has 0 spiro atoms. The number of aliphatic hydroxyl groups is 1. The number of rotatable bonds is 3. The zero-order chi connectivity index (χ0) is 12.3. The van der Waals surface area contributed by atoms with Crippen molar-refractivity contribution >= 4 is 0 Å². The predicted molar refractivity (Wildman–Crippen MR) is 66.9 cm³/mol. The number of methoxy groups -OCH3 is 1. The molecule has 0 fully saturated rings. The Hall–Kier alpha value is -1.87. The van der Waals surface area contributed by atoms with E-state index in [4.69, 9.17) is 9.84 Å². The maximum atomic E-state index is 9.16. The van der Waals surface area contributed by atoms with Crippen LogP contribution < -0.4 is 4.74 Å². The zero-order valence-corrected chi connectivity index (χ0v) is 9.97. The fourth-order valence-electron chi connectivity index (χ4n) is 1.76. The molecule has 17 heavy (non-hydrogen) atoms. The van der Waals surface area contributed by atoms with Crippen molar-refractivity contribution in [3.63, 3.8) is 0 Å². The minimum absolute atomic E-state index is 0.0463. The summed E-state index contributed by atoms with van der Waals surface area (Å²) in [6.07, 6.45) is 3.47. The van der Waals surface area contributed by atoms with E-state index < -0.39 is 0 Å². The highest BCUT2D eigenvalue weighted by molar-refractivity contribution is 5.68. The summed E-state index contributed by atoms with van der Waals surface area (Å²) in [7, 11) is 1.62. The van der Waals surface area contributed by atoms with Gasteiger partial charge in [0, 0.05) is 11.8 Å². The second-order valence-corrected chi connectivity index (χ2v) is 3.92. The second-order valence-electron chi connectivity index (χ2n) is 3.92. The highest BCUT2D eigenvalue weighted by Gasteiger charge is 2.05. The summed E-state index contributed by atoms with van der Waals surface area (Å²) in [6.45, 7) is 2.08. The van der Waals surface area contributed by atoms with Crippen LogP contribution in [0.4, 0.5) is 0 Å². The summed E-state index contributed by atoms with van der Waals surface area (Å²) >= 11 is 0. The van der Waals surface area contributed by atoms with Crippen LogP contribution in [0.3, 0.4) is 0 Å². The Bertz CT molecular complexity index is 523. The van der Waals surface area contributed by atoms with E-state index in [-0.39, 0.29) is 6.61 Å². The lowest BCUT2D eigenvalue weighted by Gasteiger charge is -2.09. The standard InChI is InChI=1S/C14H15NO2/c1-10-3-4-11(9-16)5-14(10)12-6-13(17-2)8-15-7-12/h3-8,16H,9H2,1-2H3. The van der Waals surface area contributed by atoms with Crippen LogP contribution in [-0.4, -0.2) is 17.2 Å². The quantitative estimate of drug-likeness (QED) is 0.879. The third kappa shape index (κ3) is 2.45. The number of aliphatic hydroxyl groups excluding tert-OH is 1. The lowest BCUT2D eigenvalue weighted by atomic mass is 9.99. The largest absolute Gasteiger partial charge is 0.495 e. The van der Waals surface area contributed by atoms with Gasteiger partial charge >= 0.3 is 0 Å². The van der Waals surface area contributed by atoms with Gasteiger partial charge in [-0.3, -0.25) is 4.98 Å². The van der Waals surface area contributed by atoms with Crippen molar-refractivity contribution in [2.45, 2.75) is 13.5 Å². The van der Waals surface area contributed by atoms with Gasteiger partial charge in [-0.05, 0) is 35.7 Å². The first-order valence-electron chi connectivity index (χ1n) is 5.44. The number of pyridine rings is 1. The average molecular weight is 229 g/mol. The van der Waals surface area contributed by atoms with E-state index >= 15 is 0 Å². The maximum Gasteiger partial charge on any atom is 0.137 e. The number of nitrogens with zero attached hydrogens (tertiary/aromatic N) is 1. The van der Waals surface area contributed by atoms with Gasteiger partial charge in [-0.25, -0.2) is 0 Å². The molecule has 0 aliphatic rings. The van der Waals surface area contributed by atoms with E-state index in [1.54, 1.807) is 19.5 Å². The SMILES string of the molecule is COc1cncc(-c2cc(CO)ccc2C)c1. The molecule has 2 rings (SSSR count). The van der Waals surface area contributed by atoms with E-state index in [2.05, 4.69) is 4.98 Å². The first-order chi connectivity index (χ1) is 8.24. The van der Waals surface area contributed by atoms with E-state index in [9.17, 15) is 0 Å². The topological polar surface area (TPSA) is 42.4 Å². The molecular weight excluding hydrogens is 214 g/mol. The average Bonchev–Trinajstić information content (AvgIpc) is 2.39. The fraction of sp³-hybridized carbons (Fsp3) is 0.214. The van der Waals surface area contributed by atoms with E-state index in [0.717, 1.165) is 28.0 Å². The van der Waals surface area contributed by atoms with Crippen LogP contribution in [0.2, 0.25) is 0 Å². The summed E-state index contributed by atoms with van der Waals surface area (Å²) in [4.78, 5) is 4.14. The number of hydrogen-bond acceptors (Lipinski definition) is 3. The highest BCUT2D eigenvalue weighted by atomic mass is 16.5. The number of benzene rings is 1. The molecule has 0 aliphatic carbocycles. The minimum Gasteiger partial charge on any atom is -0.495 e. The fourth-order valence-corrected chi connectivity index (χ4v) is 1.76. The Kier molecular flexibility index (Phi) is 3.40. The molecule has 1 aromatic heterocycles. The summed E-state index contributed by atoms with van der Waals surface area (Å²) in [5, 5.41) is 9.16. The molecule has 0 radical (unpaired) electrons. The first-order valence-corrected chi connectivity index (χ1v) is 5.44. The van der Waals surface area contributed by atoms with Crippen LogP contribution in [0.15, 0.2) is 36.7 Å². The van der Waals surface area contributed by atoms with Gasteiger partial charge in [-0.2, -0.15) is 0 Å². The van der Waals surface area contributed by atoms with Crippen molar-refractivity contribution in [3.05, 3.63) is 47.8 Å². The van der Waals surface area contributed by atoms with Crippen molar-refractivity contribution < 1.29 is 9.84 Å². The Morgan fingerprint density at radius 3 is 2.76 bits per heavy atom. The van der Waals surface area contributed by atoms with E-state index in [0.29, 0.717) is 0 Å². The molecule has 1 heterocycles. The van der Waals surface area contributed by atoms with Crippen molar-refractivity contribution in [2.24, 2.45) is 0 Å². The Balaban J connectivity index is 2.50. The molecule has 0 aliphatic heterocycles. The van der Waals surface area contributed by atoms with Crippen LogP contribution in [0.1, 0.15) is 11.1 Å². The van der Waals surface area contributed by atoms with Gasteiger partial charge in [-0.1, -0.05) is 12.1 Å². The van der Waals surface area contributed by atoms with Crippen LogP contribution in [-0.2, 0) is 6.61 Å². The molecule has 0 unspecified atom stereocenters. The lowest BCUT2D eigenvalue weighted by molar-refractivity contribution is 0.282. The van der Waals surface area contributed by atoms with E-state index in [1.165, 1.54) is 0 Å². The number of aromatic nitrogens is 1. The molecular formula is C14H15NO2. The maximum absolute atomic E-state index is 9.16. The van der Waals surface area contributed by atoms with E-state index in [1.807, 2.05) is 31.2 Å². The molecule has 0 atom stereocenters. The summed E-state index contributed by atoms with van der Waals surface area (Å²) in [5.74, 6) is 0.733. The van der Waals surface area contributed by atoms with Crippen molar-refractivity contribution in [3.8, 4) is 16.9 Å². The molecule has 1 aromatic carbocycles. The molecule has 2 aromatic rings. The second kappa shape index (κ2) is 4.97. The van der Waals surface area contributed by atoms with Gasteiger partial charge < -0.3 is 9.84 Å². The molecule has 0 saturated heterocycles. The highest BCUT2D eigenvalue weighted by Crippen LogP contribution is 2.26.